The first-order valence-electron chi connectivity index (χ1n) is 6.13. The lowest BCUT2D eigenvalue weighted by Gasteiger charge is -2.11. The maximum absolute atomic E-state index is 13.2. The van der Waals surface area contributed by atoms with Gasteiger partial charge in [0.1, 0.15) is 11.6 Å². The fraction of sp³-hybridized carbons (Fsp3) is 0.200. The van der Waals surface area contributed by atoms with Crippen LogP contribution in [0, 0.1) is 5.82 Å². The van der Waals surface area contributed by atoms with Crippen LogP contribution < -0.4 is 5.32 Å². The van der Waals surface area contributed by atoms with Crippen LogP contribution in [-0.2, 0) is 6.54 Å². The van der Waals surface area contributed by atoms with Crippen molar-refractivity contribution in [1.29, 1.82) is 0 Å². The number of benzene rings is 2. The lowest BCUT2D eigenvalue weighted by atomic mass is 10.2. The van der Waals surface area contributed by atoms with Gasteiger partial charge in [0, 0.05) is 23.2 Å². The van der Waals surface area contributed by atoms with E-state index in [0.717, 1.165) is 17.5 Å². The maximum Gasteiger partial charge on any atom is 0.127 e. The fourth-order valence-electron chi connectivity index (χ4n) is 1.83. The van der Waals surface area contributed by atoms with E-state index in [1.807, 2.05) is 18.2 Å². The standard InChI is InChI=1S/C15H16FNOS/c1-2-19-15-6-4-3-5-14(15)17-10-11-7-12(16)9-13(18)8-11/h3-9,17-18H,2,10H2,1H3. The number of nitrogens with one attached hydrogen (secondary N) is 1. The quantitative estimate of drug-likeness (QED) is 0.801. The zero-order valence-electron chi connectivity index (χ0n) is 10.7. The second-order valence-electron chi connectivity index (χ2n) is 4.10. The van der Waals surface area contributed by atoms with Gasteiger partial charge in [-0.25, -0.2) is 4.39 Å². The molecular formula is C15H16FNOS. The van der Waals surface area contributed by atoms with E-state index >= 15 is 0 Å². The van der Waals surface area contributed by atoms with Crippen LogP contribution >= 0.6 is 11.8 Å². The Morgan fingerprint density at radius 2 is 2.00 bits per heavy atom. The number of thioether (sulfide) groups is 1. The van der Waals surface area contributed by atoms with E-state index in [4.69, 9.17) is 0 Å². The van der Waals surface area contributed by atoms with Gasteiger partial charge >= 0.3 is 0 Å². The van der Waals surface area contributed by atoms with Crippen molar-refractivity contribution in [1.82, 2.24) is 0 Å². The van der Waals surface area contributed by atoms with Gasteiger partial charge in [-0.1, -0.05) is 19.1 Å². The molecule has 0 saturated carbocycles. The minimum atomic E-state index is -0.423. The molecule has 0 atom stereocenters. The summed E-state index contributed by atoms with van der Waals surface area (Å²) in [6.07, 6.45) is 0. The largest absolute Gasteiger partial charge is 0.508 e. The summed E-state index contributed by atoms with van der Waals surface area (Å²) >= 11 is 1.76. The number of halogens is 1. The van der Waals surface area contributed by atoms with Crippen LogP contribution in [0.4, 0.5) is 10.1 Å². The van der Waals surface area contributed by atoms with Gasteiger partial charge in [0.2, 0.25) is 0 Å². The minimum absolute atomic E-state index is 0.0481. The molecule has 2 rings (SSSR count). The van der Waals surface area contributed by atoms with Gasteiger partial charge in [0.05, 0.1) is 0 Å². The Morgan fingerprint density at radius 3 is 2.74 bits per heavy atom. The summed E-state index contributed by atoms with van der Waals surface area (Å²) in [6, 6.07) is 12.1. The van der Waals surface area contributed by atoms with E-state index in [1.165, 1.54) is 11.0 Å². The van der Waals surface area contributed by atoms with Crippen molar-refractivity contribution in [3.63, 3.8) is 0 Å². The number of para-hydroxylation sites is 1. The Kier molecular flexibility index (Phi) is 4.68. The first-order valence-corrected chi connectivity index (χ1v) is 7.11. The van der Waals surface area contributed by atoms with Crippen LogP contribution in [0.3, 0.4) is 0 Å². The Labute approximate surface area is 116 Å². The molecule has 0 aliphatic rings. The van der Waals surface area contributed by atoms with E-state index in [-0.39, 0.29) is 5.75 Å². The fourth-order valence-corrected chi connectivity index (χ4v) is 2.61. The molecule has 0 radical (unpaired) electrons. The lowest BCUT2D eigenvalue weighted by molar-refractivity contribution is 0.468. The number of phenols is 1. The molecule has 0 saturated heterocycles. The van der Waals surface area contributed by atoms with Gasteiger partial charge in [0.25, 0.3) is 0 Å². The van der Waals surface area contributed by atoms with Gasteiger partial charge in [-0.3, -0.25) is 0 Å². The number of anilines is 1. The second-order valence-corrected chi connectivity index (χ2v) is 5.41. The molecule has 0 fully saturated rings. The maximum atomic E-state index is 13.2. The molecule has 0 aromatic heterocycles. The molecule has 0 amide bonds. The first kappa shape index (κ1) is 13.7. The highest BCUT2D eigenvalue weighted by molar-refractivity contribution is 7.99. The predicted octanol–water partition coefficient (Wildman–Crippen LogP) is 4.26. The van der Waals surface area contributed by atoms with Crippen molar-refractivity contribution in [3.05, 3.63) is 53.8 Å². The van der Waals surface area contributed by atoms with Crippen molar-refractivity contribution < 1.29 is 9.50 Å². The Bertz CT molecular complexity index is 539. The molecule has 4 heteroatoms. The summed E-state index contributed by atoms with van der Waals surface area (Å²) < 4.78 is 13.2. The van der Waals surface area contributed by atoms with Crippen LogP contribution in [0.1, 0.15) is 12.5 Å². The highest BCUT2D eigenvalue weighted by Gasteiger charge is 2.03. The molecule has 2 aromatic carbocycles. The molecule has 0 aliphatic carbocycles. The molecule has 19 heavy (non-hydrogen) atoms. The zero-order valence-corrected chi connectivity index (χ0v) is 11.5. The minimum Gasteiger partial charge on any atom is -0.508 e. The van der Waals surface area contributed by atoms with Crippen molar-refractivity contribution in [2.75, 3.05) is 11.1 Å². The predicted molar refractivity (Wildman–Crippen MR) is 78.2 cm³/mol. The lowest BCUT2D eigenvalue weighted by Crippen LogP contribution is -2.01. The van der Waals surface area contributed by atoms with Gasteiger partial charge in [-0.2, -0.15) is 0 Å². The van der Waals surface area contributed by atoms with Crippen molar-refractivity contribution >= 4 is 17.4 Å². The average Bonchev–Trinajstić information content (AvgIpc) is 2.37. The third kappa shape index (κ3) is 3.89. The summed E-state index contributed by atoms with van der Waals surface area (Å²) in [5.41, 5.74) is 1.74. The SMILES string of the molecule is CCSc1ccccc1NCc1cc(O)cc(F)c1. The van der Waals surface area contributed by atoms with E-state index in [0.29, 0.717) is 12.1 Å². The molecule has 2 nitrogen and oxygen atoms in total. The smallest absolute Gasteiger partial charge is 0.127 e. The van der Waals surface area contributed by atoms with Crippen molar-refractivity contribution in [3.8, 4) is 5.75 Å². The molecular weight excluding hydrogens is 261 g/mol. The number of rotatable bonds is 5. The molecule has 0 unspecified atom stereocenters. The summed E-state index contributed by atoms with van der Waals surface area (Å²) in [5.74, 6) is 0.528. The van der Waals surface area contributed by atoms with Crippen molar-refractivity contribution in [2.24, 2.45) is 0 Å². The molecule has 0 spiro atoms. The molecule has 100 valence electrons. The highest BCUT2D eigenvalue weighted by Crippen LogP contribution is 2.27. The van der Waals surface area contributed by atoms with E-state index < -0.39 is 5.82 Å². The first-order chi connectivity index (χ1) is 9.19. The van der Waals surface area contributed by atoms with E-state index in [9.17, 15) is 9.50 Å². The topological polar surface area (TPSA) is 32.3 Å². The number of aromatic hydroxyl groups is 1. The zero-order chi connectivity index (χ0) is 13.7. The van der Waals surface area contributed by atoms with Crippen LogP contribution in [0.5, 0.6) is 5.75 Å². The van der Waals surface area contributed by atoms with Gasteiger partial charge in [-0.05, 0) is 35.6 Å². The highest BCUT2D eigenvalue weighted by atomic mass is 32.2. The Hall–Kier alpha value is -1.68. The summed E-state index contributed by atoms with van der Waals surface area (Å²) in [6.45, 7) is 2.58. The second kappa shape index (κ2) is 6.48. The summed E-state index contributed by atoms with van der Waals surface area (Å²) in [5, 5.41) is 12.6. The Balaban J connectivity index is 2.09. The van der Waals surface area contributed by atoms with Crippen LogP contribution in [0.25, 0.3) is 0 Å². The number of hydrogen-bond acceptors (Lipinski definition) is 3. The van der Waals surface area contributed by atoms with Gasteiger partial charge in [-0.15, -0.1) is 11.8 Å². The Morgan fingerprint density at radius 1 is 1.21 bits per heavy atom. The van der Waals surface area contributed by atoms with Crippen LogP contribution in [0.2, 0.25) is 0 Å². The molecule has 2 N–H and O–H groups in total. The normalized spacial score (nSPS) is 10.4. The van der Waals surface area contributed by atoms with E-state index in [1.54, 1.807) is 17.8 Å². The average molecular weight is 277 g/mol. The van der Waals surface area contributed by atoms with Crippen LogP contribution in [0.15, 0.2) is 47.4 Å². The molecule has 0 bridgehead atoms. The van der Waals surface area contributed by atoms with Crippen LogP contribution in [-0.4, -0.2) is 10.9 Å². The van der Waals surface area contributed by atoms with Gasteiger partial charge < -0.3 is 10.4 Å². The molecule has 0 aliphatic heterocycles. The van der Waals surface area contributed by atoms with Gasteiger partial charge in [0.15, 0.2) is 0 Å². The number of phenolic OH excluding ortho intramolecular Hbond substituents is 1. The number of hydrogen-bond donors (Lipinski definition) is 2. The third-order valence-electron chi connectivity index (χ3n) is 2.61. The summed E-state index contributed by atoms with van der Waals surface area (Å²) in [4.78, 5) is 1.17. The third-order valence-corrected chi connectivity index (χ3v) is 3.57. The molecule has 2 aromatic rings. The monoisotopic (exact) mass is 277 g/mol. The molecule has 0 heterocycles. The van der Waals surface area contributed by atoms with E-state index in [2.05, 4.69) is 18.3 Å². The van der Waals surface area contributed by atoms with Crippen molar-refractivity contribution in [2.45, 2.75) is 18.4 Å². The summed E-state index contributed by atoms with van der Waals surface area (Å²) in [7, 11) is 0.